The van der Waals surface area contributed by atoms with Crippen molar-refractivity contribution in [2.24, 2.45) is 0 Å². The van der Waals surface area contributed by atoms with Crippen LogP contribution in [-0.4, -0.2) is 22.0 Å². The van der Waals surface area contributed by atoms with Crippen LogP contribution in [0.2, 0.25) is 5.02 Å². The molecule has 0 aliphatic carbocycles. The summed E-state index contributed by atoms with van der Waals surface area (Å²) in [4.78, 5) is 0. The summed E-state index contributed by atoms with van der Waals surface area (Å²) in [6.07, 6.45) is 1.76. The Labute approximate surface area is 128 Å². The van der Waals surface area contributed by atoms with Gasteiger partial charge in [-0.2, -0.15) is 0 Å². The van der Waals surface area contributed by atoms with Crippen LogP contribution in [0.5, 0.6) is 0 Å². The standard InChI is InChI=1S/C16H15ClN4/c1-18-10-12-7-8-13(17)9-15(12)16-11-19-20-21(16)14-5-3-2-4-6-14/h2-9,11,18H,10H2,1H3. The molecule has 0 saturated heterocycles. The predicted octanol–water partition coefficient (Wildman–Crippen LogP) is 3.31. The second kappa shape index (κ2) is 6.08. The van der Waals surface area contributed by atoms with Crippen LogP contribution in [0.15, 0.2) is 54.7 Å². The van der Waals surface area contributed by atoms with E-state index in [0.717, 1.165) is 29.1 Å². The molecule has 3 aromatic rings. The van der Waals surface area contributed by atoms with Gasteiger partial charge in [-0.05, 0) is 36.9 Å². The second-order valence-corrected chi connectivity index (χ2v) is 5.13. The average Bonchev–Trinajstić information content (AvgIpc) is 2.99. The van der Waals surface area contributed by atoms with Gasteiger partial charge in [-0.25, -0.2) is 4.68 Å². The van der Waals surface area contributed by atoms with E-state index in [0.29, 0.717) is 5.02 Å². The highest BCUT2D eigenvalue weighted by molar-refractivity contribution is 6.30. The Balaban J connectivity index is 2.14. The highest BCUT2D eigenvalue weighted by Gasteiger charge is 2.12. The zero-order chi connectivity index (χ0) is 14.7. The lowest BCUT2D eigenvalue weighted by molar-refractivity contribution is 0.799. The fourth-order valence-corrected chi connectivity index (χ4v) is 2.48. The Morgan fingerprint density at radius 3 is 2.71 bits per heavy atom. The monoisotopic (exact) mass is 298 g/mol. The third kappa shape index (κ3) is 2.82. The predicted molar refractivity (Wildman–Crippen MR) is 84.6 cm³/mol. The van der Waals surface area contributed by atoms with E-state index in [1.54, 1.807) is 6.20 Å². The molecule has 0 unspecified atom stereocenters. The van der Waals surface area contributed by atoms with Gasteiger partial charge in [0.15, 0.2) is 0 Å². The normalized spacial score (nSPS) is 10.8. The van der Waals surface area contributed by atoms with Crippen molar-refractivity contribution in [3.05, 3.63) is 65.3 Å². The number of nitrogens with one attached hydrogen (secondary N) is 1. The zero-order valence-corrected chi connectivity index (χ0v) is 12.4. The van der Waals surface area contributed by atoms with Gasteiger partial charge in [0.2, 0.25) is 0 Å². The van der Waals surface area contributed by atoms with E-state index >= 15 is 0 Å². The van der Waals surface area contributed by atoms with Gasteiger partial charge < -0.3 is 5.32 Å². The third-order valence-electron chi connectivity index (χ3n) is 3.27. The van der Waals surface area contributed by atoms with E-state index in [4.69, 9.17) is 11.6 Å². The number of nitrogens with zero attached hydrogens (tertiary/aromatic N) is 3. The van der Waals surface area contributed by atoms with E-state index in [9.17, 15) is 0 Å². The molecule has 0 aliphatic heterocycles. The fourth-order valence-electron chi connectivity index (χ4n) is 2.31. The molecule has 0 amide bonds. The SMILES string of the molecule is CNCc1ccc(Cl)cc1-c1cnnn1-c1ccccc1. The maximum atomic E-state index is 6.16. The van der Waals surface area contributed by atoms with Crippen LogP contribution in [0.3, 0.4) is 0 Å². The van der Waals surface area contributed by atoms with Gasteiger partial charge in [-0.3, -0.25) is 0 Å². The van der Waals surface area contributed by atoms with Crippen molar-refractivity contribution in [1.82, 2.24) is 20.3 Å². The lowest BCUT2D eigenvalue weighted by Crippen LogP contribution is -2.08. The van der Waals surface area contributed by atoms with E-state index in [1.165, 1.54) is 0 Å². The summed E-state index contributed by atoms with van der Waals surface area (Å²) in [5, 5.41) is 12.1. The molecule has 1 heterocycles. The molecule has 0 bridgehead atoms. The number of halogens is 1. The molecule has 5 heteroatoms. The van der Waals surface area contributed by atoms with Crippen molar-refractivity contribution in [2.75, 3.05) is 7.05 Å². The Morgan fingerprint density at radius 1 is 1.14 bits per heavy atom. The van der Waals surface area contributed by atoms with E-state index in [2.05, 4.69) is 15.6 Å². The summed E-state index contributed by atoms with van der Waals surface area (Å²) in [5.74, 6) is 0. The molecule has 0 radical (unpaired) electrons. The topological polar surface area (TPSA) is 42.7 Å². The van der Waals surface area contributed by atoms with Gasteiger partial charge in [-0.15, -0.1) is 5.10 Å². The first-order chi connectivity index (χ1) is 10.3. The molecule has 1 N–H and O–H groups in total. The highest BCUT2D eigenvalue weighted by Crippen LogP contribution is 2.28. The first-order valence-corrected chi connectivity index (χ1v) is 7.07. The van der Waals surface area contributed by atoms with Crippen molar-refractivity contribution in [1.29, 1.82) is 0 Å². The molecule has 4 nitrogen and oxygen atoms in total. The molecule has 0 aliphatic rings. The summed E-state index contributed by atoms with van der Waals surface area (Å²) in [5.41, 5.74) is 4.08. The number of hydrogen-bond acceptors (Lipinski definition) is 3. The molecular formula is C16H15ClN4. The number of benzene rings is 2. The lowest BCUT2D eigenvalue weighted by Gasteiger charge is -2.11. The molecule has 0 atom stereocenters. The Bertz CT molecular complexity index is 737. The number of aromatic nitrogens is 3. The summed E-state index contributed by atoms with van der Waals surface area (Å²) in [7, 11) is 1.92. The fraction of sp³-hybridized carbons (Fsp3) is 0.125. The van der Waals surface area contributed by atoms with Crippen LogP contribution >= 0.6 is 11.6 Å². The molecule has 2 aromatic carbocycles. The van der Waals surface area contributed by atoms with E-state index in [1.807, 2.05) is 60.3 Å². The maximum absolute atomic E-state index is 6.16. The molecule has 3 rings (SSSR count). The Morgan fingerprint density at radius 2 is 1.95 bits per heavy atom. The van der Waals surface area contributed by atoms with Gasteiger partial charge >= 0.3 is 0 Å². The minimum Gasteiger partial charge on any atom is -0.316 e. The first-order valence-electron chi connectivity index (χ1n) is 6.69. The molecule has 106 valence electrons. The summed E-state index contributed by atoms with van der Waals surface area (Å²) in [6, 6.07) is 15.8. The van der Waals surface area contributed by atoms with Crippen LogP contribution in [0.4, 0.5) is 0 Å². The molecule has 0 spiro atoms. The van der Waals surface area contributed by atoms with Crippen molar-refractivity contribution in [3.63, 3.8) is 0 Å². The van der Waals surface area contributed by atoms with Crippen LogP contribution in [0.1, 0.15) is 5.56 Å². The Hall–Kier alpha value is -2.17. The van der Waals surface area contributed by atoms with Crippen molar-refractivity contribution in [3.8, 4) is 16.9 Å². The Kier molecular flexibility index (Phi) is 3.99. The van der Waals surface area contributed by atoms with E-state index in [-0.39, 0.29) is 0 Å². The second-order valence-electron chi connectivity index (χ2n) is 4.70. The lowest BCUT2D eigenvalue weighted by atomic mass is 10.0. The minimum atomic E-state index is 0.700. The van der Waals surface area contributed by atoms with Crippen molar-refractivity contribution in [2.45, 2.75) is 6.54 Å². The zero-order valence-electron chi connectivity index (χ0n) is 11.6. The van der Waals surface area contributed by atoms with Crippen LogP contribution in [0.25, 0.3) is 16.9 Å². The maximum Gasteiger partial charge on any atom is 0.0948 e. The van der Waals surface area contributed by atoms with Gasteiger partial charge in [0, 0.05) is 17.1 Å². The smallest absolute Gasteiger partial charge is 0.0948 e. The number of rotatable bonds is 4. The summed E-state index contributed by atoms with van der Waals surface area (Å²) in [6.45, 7) is 0.756. The summed E-state index contributed by atoms with van der Waals surface area (Å²) >= 11 is 6.16. The van der Waals surface area contributed by atoms with Crippen LogP contribution in [0, 0.1) is 0 Å². The van der Waals surface area contributed by atoms with Gasteiger partial charge in [-0.1, -0.05) is 41.1 Å². The van der Waals surface area contributed by atoms with Gasteiger partial charge in [0.25, 0.3) is 0 Å². The van der Waals surface area contributed by atoms with Crippen LogP contribution in [-0.2, 0) is 6.54 Å². The van der Waals surface area contributed by atoms with E-state index < -0.39 is 0 Å². The average molecular weight is 299 g/mol. The van der Waals surface area contributed by atoms with Crippen LogP contribution < -0.4 is 5.32 Å². The molecular weight excluding hydrogens is 284 g/mol. The first kappa shape index (κ1) is 13.8. The largest absolute Gasteiger partial charge is 0.316 e. The molecule has 0 saturated carbocycles. The third-order valence-corrected chi connectivity index (χ3v) is 3.50. The number of hydrogen-bond donors (Lipinski definition) is 1. The molecule has 21 heavy (non-hydrogen) atoms. The highest BCUT2D eigenvalue weighted by atomic mass is 35.5. The van der Waals surface area contributed by atoms with Crippen molar-refractivity contribution < 1.29 is 0 Å². The molecule has 1 aromatic heterocycles. The quantitative estimate of drug-likeness (QED) is 0.803. The van der Waals surface area contributed by atoms with Gasteiger partial charge in [0.05, 0.1) is 17.6 Å². The number of para-hydroxylation sites is 1. The summed E-state index contributed by atoms with van der Waals surface area (Å²) < 4.78 is 1.82. The minimum absolute atomic E-state index is 0.700. The van der Waals surface area contributed by atoms with Gasteiger partial charge in [0.1, 0.15) is 0 Å². The van der Waals surface area contributed by atoms with Crippen molar-refractivity contribution >= 4 is 11.6 Å². The molecule has 0 fully saturated rings.